The number of hydrogen-bond acceptors (Lipinski definition) is 5. The van der Waals surface area contributed by atoms with Crippen LogP contribution in [0.4, 0.5) is 10.5 Å². The summed E-state index contributed by atoms with van der Waals surface area (Å²) in [6.45, 7) is 4.52. The molecule has 0 saturated carbocycles. The van der Waals surface area contributed by atoms with Gasteiger partial charge in [0, 0.05) is 12.2 Å². The van der Waals surface area contributed by atoms with E-state index in [9.17, 15) is 19.2 Å². The van der Waals surface area contributed by atoms with E-state index in [4.69, 9.17) is 4.74 Å². The van der Waals surface area contributed by atoms with E-state index in [1.54, 1.807) is 38.1 Å². The van der Waals surface area contributed by atoms with Crippen LogP contribution in [0.1, 0.15) is 27.2 Å². The number of benzene rings is 1. The minimum atomic E-state index is -0.993. The van der Waals surface area contributed by atoms with Gasteiger partial charge in [-0.2, -0.15) is 0 Å². The second-order valence-electron chi connectivity index (χ2n) is 6.25. The lowest BCUT2D eigenvalue weighted by molar-refractivity contribution is -0.153. The Morgan fingerprint density at radius 1 is 1.24 bits per heavy atom. The monoisotopic (exact) mass is 347 g/mol. The van der Waals surface area contributed by atoms with Crippen molar-refractivity contribution in [3.05, 3.63) is 30.3 Å². The van der Waals surface area contributed by atoms with Gasteiger partial charge in [0.1, 0.15) is 5.54 Å². The Balaban J connectivity index is 1.81. The maximum absolute atomic E-state index is 12.0. The van der Waals surface area contributed by atoms with Crippen LogP contribution in [0.3, 0.4) is 0 Å². The third kappa shape index (κ3) is 4.56. The number of ether oxygens (including phenoxy) is 1. The minimum absolute atomic E-state index is 0.0973. The van der Waals surface area contributed by atoms with Gasteiger partial charge >= 0.3 is 12.0 Å². The Labute approximate surface area is 145 Å². The zero-order valence-electron chi connectivity index (χ0n) is 14.4. The van der Waals surface area contributed by atoms with Crippen LogP contribution >= 0.6 is 0 Å². The first-order valence-corrected chi connectivity index (χ1v) is 7.90. The molecule has 1 aromatic carbocycles. The third-order valence-electron chi connectivity index (χ3n) is 3.70. The highest BCUT2D eigenvalue weighted by Crippen LogP contribution is 2.17. The molecule has 0 aromatic heterocycles. The molecule has 0 bridgehead atoms. The summed E-state index contributed by atoms with van der Waals surface area (Å²) < 4.78 is 5.05. The number of rotatable bonds is 6. The molecule has 2 N–H and O–H groups in total. The topological polar surface area (TPSA) is 105 Å². The molecule has 0 aliphatic carbocycles. The molecule has 1 aromatic rings. The number of hydrogen-bond donors (Lipinski definition) is 2. The number of nitrogens with one attached hydrogen (secondary N) is 2. The van der Waals surface area contributed by atoms with E-state index in [1.165, 1.54) is 6.92 Å². The average Bonchev–Trinajstić information content (AvgIpc) is 2.74. The van der Waals surface area contributed by atoms with Crippen LogP contribution in [0.15, 0.2) is 30.3 Å². The van der Waals surface area contributed by atoms with Crippen LogP contribution in [-0.4, -0.2) is 46.9 Å². The van der Waals surface area contributed by atoms with Crippen LogP contribution in [0.5, 0.6) is 0 Å². The van der Waals surface area contributed by atoms with Gasteiger partial charge in [-0.05, 0) is 32.9 Å². The molecule has 1 fully saturated rings. The van der Waals surface area contributed by atoms with Gasteiger partial charge in [-0.25, -0.2) is 4.79 Å². The van der Waals surface area contributed by atoms with Gasteiger partial charge in [-0.3, -0.25) is 19.3 Å². The summed E-state index contributed by atoms with van der Waals surface area (Å²) in [5, 5.41) is 5.15. The number of imide groups is 1. The number of esters is 1. The van der Waals surface area contributed by atoms with Crippen LogP contribution in [-0.2, 0) is 19.1 Å². The molecule has 25 heavy (non-hydrogen) atoms. The Morgan fingerprint density at radius 2 is 1.88 bits per heavy atom. The molecule has 8 nitrogen and oxygen atoms in total. The summed E-state index contributed by atoms with van der Waals surface area (Å²) in [6.07, 6.45) is -1.18. The first kappa shape index (κ1) is 18.4. The highest BCUT2D eigenvalue weighted by molar-refractivity contribution is 6.06. The SMILES string of the molecule is C[C@H](OC(=O)CCN1C(=O)NC(C)(C)C1=O)C(=O)Nc1ccccc1. The lowest BCUT2D eigenvalue weighted by atomic mass is 10.1. The second kappa shape index (κ2) is 7.33. The largest absolute Gasteiger partial charge is 0.452 e. The fourth-order valence-electron chi connectivity index (χ4n) is 2.30. The number of carbonyl (C=O) groups is 4. The van der Waals surface area contributed by atoms with Crippen molar-refractivity contribution in [1.82, 2.24) is 10.2 Å². The molecule has 0 spiro atoms. The van der Waals surface area contributed by atoms with E-state index < -0.39 is 35.5 Å². The molecular weight excluding hydrogens is 326 g/mol. The smallest absolute Gasteiger partial charge is 0.325 e. The van der Waals surface area contributed by atoms with E-state index in [1.807, 2.05) is 6.07 Å². The van der Waals surface area contributed by atoms with Crippen LogP contribution in [0, 0.1) is 0 Å². The zero-order chi connectivity index (χ0) is 18.6. The van der Waals surface area contributed by atoms with Gasteiger partial charge in [-0.1, -0.05) is 18.2 Å². The number of para-hydroxylation sites is 1. The maximum Gasteiger partial charge on any atom is 0.325 e. The molecule has 1 aliphatic rings. The van der Waals surface area contributed by atoms with Gasteiger partial charge in [0.05, 0.1) is 6.42 Å². The minimum Gasteiger partial charge on any atom is -0.452 e. The summed E-state index contributed by atoms with van der Waals surface area (Å²) in [5.41, 5.74) is -0.388. The Bertz CT molecular complexity index is 687. The van der Waals surface area contributed by atoms with Crippen molar-refractivity contribution in [2.75, 3.05) is 11.9 Å². The van der Waals surface area contributed by atoms with Crippen molar-refractivity contribution in [1.29, 1.82) is 0 Å². The summed E-state index contributed by atoms with van der Waals surface area (Å²) >= 11 is 0. The molecule has 4 amide bonds. The second-order valence-corrected chi connectivity index (χ2v) is 6.25. The molecule has 134 valence electrons. The molecule has 8 heteroatoms. The van der Waals surface area contributed by atoms with Crippen molar-refractivity contribution in [3.8, 4) is 0 Å². The predicted molar refractivity (Wildman–Crippen MR) is 89.6 cm³/mol. The maximum atomic E-state index is 12.0. The Morgan fingerprint density at radius 3 is 2.44 bits per heavy atom. The number of nitrogens with zero attached hydrogens (tertiary/aromatic N) is 1. The average molecular weight is 347 g/mol. The van der Waals surface area contributed by atoms with E-state index in [0.29, 0.717) is 5.69 Å². The fourth-order valence-corrected chi connectivity index (χ4v) is 2.30. The summed E-state index contributed by atoms with van der Waals surface area (Å²) in [7, 11) is 0. The van der Waals surface area contributed by atoms with Crippen molar-refractivity contribution >= 4 is 29.5 Å². The van der Waals surface area contributed by atoms with Crippen LogP contribution < -0.4 is 10.6 Å². The highest BCUT2D eigenvalue weighted by atomic mass is 16.5. The standard InChI is InChI=1S/C17H21N3O5/c1-11(14(22)18-12-7-5-4-6-8-12)25-13(21)9-10-20-15(23)17(2,3)19-16(20)24/h4-8,11H,9-10H2,1-3H3,(H,18,22)(H,19,24)/t11-/m0/s1. The zero-order valence-corrected chi connectivity index (χ0v) is 14.4. The quantitative estimate of drug-likeness (QED) is 0.596. The number of urea groups is 1. The lowest BCUT2D eigenvalue weighted by Crippen LogP contribution is -2.40. The lowest BCUT2D eigenvalue weighted by Gasteiger charge is -2.17. The van der Waals surface area contributed by atoms with Gasteiger partial charge in [-0.15, -0.1) is 0 Å². The molecule has 2 rings (SSSR count). The van der Waals surface area contributed by atoms with Gasteiger partial charge in [0.25, 0.3) is 11.8 Å². The molecule has 0 radical (unpaired) electrons. The van der Waals surface area contributed by atoms with Gasteiger partial charge < -0.3 is 15.4 Å². The summed E-state index contributed by atoms with van der Waals surface area (Å²) in [5.74, 6) is -1.53. The molecule has 1 saturated heterocycles. The predicted octanol–water partition coefficient (Wildman–Crippen LogP) is 1.28. The van der Waals surface area contributed by atoms with Crippen LogP contribution in [0.25, 0.3) is 0 Å². The molecule has 1 aliphatic heterocycles. The van der Waals surface area contributed by atoms with E-state index in [2.05, 4.69) is 10.6 Å². The van der Waals surface area contributed by atoms with Crippen molar-refractivity contribution in [2.24, 2.45) is 0 Å². The van der Waals surface area contributed by atoms with Gasteiger partial charge in [0.2, 0.25) is 0 Å². The number of amides is 4. The van der Waals surface area contributed by atoms with Gasteiger partial charge in [0.15, 0.2) is 6.10 Å². The molecular formula is C17H21N3O5. The van der Waals surface area contributed by atoms with E-state index >= 15 is 0 Å². The molecule has 1 atom stereocenters. The Hall–Kier alpha value is -2.90. The van der Waals surface area contributed by atoms with Crippen LogP contribution in [0.2, 0.25) is 0 Å². The van der Waals surface area contributed by atoms with E-state index in [-0.39, 0.29) is 13.0 Å². The summed E-state index contributed by atoms with van der Waals surface area (Å²) in [6, 6.07) is 8.24. The van der Waals surface area contributed by atoms with Crippen molar-refractivity contribution < 1.29 is 23.9 Å². The van der Waals surface area contributed by atoms with E-state index in [0.717, 1.165) is 4.90 Å². The third-order valence-corrected chi connectivity index (χ3v) is 3.70. The molecule has 0 unspecified atom stereocenters. The van der Waals surface area contributed by atoms with Crippen molar-refractivity contribution in [2.45, 2.75) is 38.8 Å². The fraction of sp³-hybridized carbons (Fsp3) is 0.412. The normalized spacial score (nSPS) is 17.0. The highest BCUT2D eigenvalue weighted by Gasteiger charge is 2.44. The first-order chi connectivity index (χ1) is 11.7. The Kier molecular flexibility index (Phi) is 5.41. The van der Waals surface area contributed by atoms with Crippen molar-refractivity contribution in [3.63, 3.8) is 0 Å². The number of anilines is 1. The first-order valence-electron chi connectivity index (χ1n) is 7.90. The molecule has 1 heterocycles. The summed E-state index contributed by atoms with van der Waals surface area (Å²) in [4.78, 5) is 48.6. The number of carbonyl (C=O) groups excluding carboxylic acids is 4.